The Kier molecular flexibility index (Phi) is 4.94. The minimum Gasteiger partial charge on any atom is -0.395 e. The first-order valence-electron chi connectivity index (χ1n) is 5.61. The summed E-state index contributed by atoms with van der Waals surface area (Å²) in [6.45, 7) is 8.41. The van der Waals surface area contributed by atoms with Crippen molar-refractivity contribution in [1.82, 2.24) is 4.98 Å². The summed E-state index contributed by atoms with van der Waals surface area (Å²) in [4.78, 5) is 9.68. The number of hydrogen-bond acceptors (Lipinski definition) is 3. The lowest BCUT2D eigenvalue weighted by molar-refractivity contribution is 0.0788. The van der Waals surface area contributed by atoms with E-state index in [4.69, 9.17) is 16.4 Å². The van der Waals surface area contributed by atoms with Crippen molar-refractivity contribution in [2.45, 2.75) is 27.7 Å². The average molecular weight is 255 g/mol. The molecule has 0 aliphatic heterocycles. The molecule has 1 rings (SSSR count). The summed E-state index contributed by atoms with van der Waals surface area (Å²) in [6, 6.07) is 5.83. The largest absolute Gasteiger partial charge is 0.395 e. The number of hydrogen-bond donors (Lipinski definition) is 0. The molecule has 0 aromatic carbocycles. The van der Waals surface area contributed by atoms with Gasteiger partial charge in [0.05, 0.1) is 5.69 Å². The highest BCUT2D eigenvalue weighted by atomic mass is 35.5. The summed E-state index contributed by atoms with van der Waals surface area (Å²) < 4.78 is 0. The van der Waals surface area contributed by atoms with E-state index in [-0.39, 0.29) is 5.41 Å². The van der Waals surface area contributed by atoms with Gasteiger partial charge in [0.25, 0.3) is 0 Å². The van der Waals surface area contributed by atoms with Crippen LogP contribution in [-0.2, 0) is 4.84 Å². The molecule has 0 aliphatic carbocycles. The fourth-order valence-corrected chi connectivity index (χ4v) is 1.21. The van der Waals surface area contributed by atoms with Gasteiger partial charge in [0.15, 0.2) is 0 Å². The molecule has 3 nitrogen and oxygen atoms in total. The maximum Gasteiger partial charge on any atom is 0.123 e. The zero-order valence-corrected chi connectivity index (χ0v) is 11.6. The summed E-state index contributed by atoms with van der Waals surface area (Å²) >= 11 is 5.81. The predicted octanol–water partition coefficient (Wildman–Crippen LogP) is 3.40. The monoisotopic (exact) mass is 254 g/mol. The van der Waals surface area contributed by atoms with Crippen LogP contribution in [0.25, 0.3) is 0 Å². The van der Waals surface area contributed by atoms with Crippen molar-refractivity contribution < 1.29 is 4.84 Å². The topological polar surface area (TPSA) is 34.5 Å². The molecule has 0 saturated heterocycles. The van der Waals surface area contributed by atoms with Gasteiger partial charge in [0.2, 0.25) is 0 Å². The van der Waals surface area contributed by atoms with E-state index in [1.807, 2.05) is 45.9 Å². The number of halogens is 1. The first-order chi connectivity index (χ1) is 7.94. The van der Waals surface area contributed by atoms with Gasteiger partial charge in [0.1, 0.15) is 12.3 Å². The highest BCUT2D eigenvalue weighted by molar-refractivity contribution is 6.18. The Bertz CT molecular complexity index is 402. The Balaban J connectivity index is 2.61. The molecule has 0 amide bonds. The molecular formula is C13H19ClN2O. The molecule has 0 radical (unpaired) electrons. The first kappa shape index (κ1) is 14.0. The van der Waals surface area contributed by atoms with Crippen LogP contribution in [0.15, 0.2) is 23.4 Å². The Morgan fingerprint density at radius 1 is 1.47 bits per heavy atom. The van der Waals surface area contributed by atoms with Crippen LogP contribution >= 0.6 is 11.6 Å². The molecule has 0 N–H and O–H groups in total. The lowest BCUT2D eigenvalue weighted by Crippen LogP contribution is -2.20. The first-order valence-corrected chi connectivity index (χ1v) is 6.14. The van der Waals surface area contributed by atoms with Gasteiger partial charge in [-0.3, -0.25) is 4.98 Å². The second-order valence-corrected chi connectivity index (χ2v) is 5.18. The van der Waals surface area contributed by atoms with Crippen LogP contribution in [0.2, 0.25) is 0 Å². The van der Waals surface area contributed by atoms with Gasteiger partial charge in [-0.05, 0) is 26.0 Å². The van der Waals surface area contributed by atoms with Crippen LogP contribution in [0, 0.1) is 12.3 Å². The summed E-state index contributed by atoms with van der Waals surface area (Å²) in [5.74, 6) is 0.546. The maximum absolute atomic E-state index is 5.81. The third-order valence-electron chi connectivity index (χ3n) is 2.28. The zero-order valence-electron chi connectivity index (χ0n) is 10.8. The molecule has 0 unspecified atom stereocenters. The van der Waals surface area contributed by atoms with E-state index in [0.717, 1.165) is 17.1 Å². The van der Waals surface area contributed by atoms with Crippen LogP contribution in [0.1, 0.15) is 32.2 Å². The number of pyridine rings is 1. The van der Waals surface area contributed by atoms with Crippen molar-refractivity contribution in [2.24, 2.45) is 10.6 Å². The van der Waals surface area contributed by atoms with E-state index in [9.17, 15) is 0 Å². The highest BCUT2D eigenvalue weighted by Crippen LogP contribution is 2.17. The number of alkyl halides is 1. The third kappa shape index (κ3) is 4.73. The smallest absolute Gasteiger partial charge is 0.123 e. The molecule has 4 heteroatoms. The van der Waals surface area contributed by atoms with E-state index >= 15 is 0 Å². The van der Waals surface area contributed by atoms with Crippen LogP contribution in [0.5, 0.6) is 0 Å². The minimum atomic E-state index is -0.0641. The van der Waals surface area contributed by atoms with E-state index in [2.05, 4.69) is 10.1 Å². The van der Waals surface area contributed by atoms with Crippen molar-refractivity contribution in [2.75, 3.05) is 12.5 Å². The summed E-state index contributed by atoms with van der Waals surface area (Å²) in [5, 5.41) is 4.06. The van der Waals surface area contributed by atoms with Crippen molar-refractivity contribution in [1.29, 1.82) is 0 Å². The van der Waals surface area contributed by atoms with Crippen LogP contribution in [0.3, 0.4) is 0 Å². The highest BCUT2D eigenvalue weighted by Gasteiger charge is 2.17. The standard InChI is InChI=1S/C13H19ClN2O/c1-10-6-5-7-12(15-10)11(2)16-17-9-13(3,4)8-14/h5-7H,8-9H2,1-4H3/b16-11-. The van der Waals surface area contributed by atoms with E-state index in [1.165, 1.54) is 0 Å². The molecule has 17 heavy (non-hydrogen) atoms. The third-order valence-corrected chi connectivity index (χ3v) is 3.00. The van der Waals surface area contributed by atoms with Gasteiger partial charge >= 0.3 is 0 Å². The van der Waals surface area contributed by atoms with E-state index < -0.39 is 0 Å². The quantitative estimate of drug-likeness (QED) is 0.459. The molecule has 0 saturated carbocycles. The normalized spacial score (nSPS) is 12.6. The molecule has 0 aliphatic rings. The molecular weight excluding hydrogens is 236 g/mol. The van der Waals surface area contributed by atoms with Crippen molar-refractivity contribution >= 4 is 17.3 Å². The van der Waals surface area contributed by atoms with Gasteiger partial charge in [-0.2, -0.15) is 0 Å². The number of aryl methyl sites for hydroxylation is 1. The Labute approximate surface area is 108 Å². The molecule has 0 atom stereocenters. The van der Waals surface area contributed by atoms with Gasteiger partial charge < -0.3 is 4.84 Å². The average Bonchev–Trinajstić information content (AvgIpc) is 2.28. The maximum atomic E-state index is 5.81. The number of oxime groups is 1. The van der Waals surface area contributed by atoms with Gasteiger partial charge in [-0.15, -0.1) is 11.6 Å². The second-order valence-electron chi connectivity index (χ2n) is 4.91. The minimum absolute atomic E-state index is 0.0641. The second kappa shape index (κ2) is 6.01. The number of rotatable bonds is 5. The Hall–Kier alpha value is -1.09. The van der Waals surface area contributed by atoms with Crippen molar-refractivity contribution in [3.8, 4) is 0 Å². The van der Waals surface area contributed by atoms with E-state index in [1.54, 1.807) is 0 Å². The molecule has 94 valence electrons. The fraction of sp³-hybridized carbons (Fsp3) is 0.538. The van der Waals surface area contributed by atoms with E-state index in [0.29, 0.717) is 12.5 Å². The van der Waals surface area contributed by atoms with Crippen LogP contribution in [-0.4, -0.2) is 23.2 Å². The lowest BCUT2D eigenvalue weighted by Gasteiger charge is -2.18. The molecule has 0 bridgehead atoms. The number of aromatic nitrogens is 1. The SMILES string of the molecule is C/C(=N/OCC(C)(C)CCl)c1cccc(C)n1. The molecule has 1 aromatic heterocycles. The molecule has 0 fully saturated rings. The van der Waals surface area contributed by atoms with Gasteiger partial charge in [0, 0.05) is 17.0 Å². The molecule has 1 heterocycles. The van der Waals surface area contributed by atoms with Gasteiger partial charge in [-0.1, -0.05) is 25.1 Å². The fourth-order valence-electron chi connectivity index (χ4n) is 1.13. The summed E-state index contributed by atoms with van der Waals surface area (Å²) in [6.07, 6.45) is 0. The number of nitrogens with zero attached hydrogens (tertiary/aromatic N) is 2. The molecule has 1 aromatic rings. The zero-order chi connectivity index (χ0) is 12.9. The van der Waals surface area contributed by atoms with Crippen molar-refractivity contribution in [3.05, 3.63) is 29.6 Å². The summed E-state index contributed by atoms with van der Waals surface area (Å²) in [7, 11) is 0. The van der Waals surface area contributed by atoms with Crippen LogP contribution < -0.4 is 0 Å². The van der Waals surface area contributed by atoms with Crippen molar-refractivity contribution in [3.63, 3.8) is 0 Å². The predicted molar refractivity (Wildman–Crippen MR) is 71.6 cm³/mol. The van der Waals surface area contributed by atoms with Gasteiger partial charge in [-0.25, -0.2) is 0 Å². The van der Waals surface area contributed by atoms with Crippen LogP contribution in [0.4, 0.5) is 0 Å². The lowest BCUT2D eigenvalue weighted by atomic mass is 9.98. The Morgan fingerprint density at radius 2 is 2.18 bits per heavy atom. The summed E-state index contributed by atoms with van der Waals surface area (Å²) in [5.41, 5.74) is 2.52. The molecule has 0 spiro atoms. The Morgan fingerprint density at radius 3 is 2.76 bits per heavy atom.